The number of carboxylic acid groups (broad SMARTS) is 1. The fraction of sp³-hybridized carbons (Fsp3) is 0.267. The van der Waals surface area contributed by atoms with Gasteiger partial charge < -0.3 is 19.4 Å². The molecule has 0 amide bonds. The lowest BCUT2D eigenvalue weighted by Gasteiger charge is -2.13. The van der Waals surface area contributed by atoms with Gasteiger partial charge in [-0.15, -0.1) is 5.10 Å². The van der Waals surface area contributed by atoms with Gasteiger partial charge >= 0.3 is 0 Å². The monoisotopic (exact) mass is 412 g/mol. The number of nitrogens with zero attached hydrogens (tertiary/aromatic N) is 2. The molecule has 0 bridgehead atoms. The quantitative estimate of drug-likeness (QED) is 0.549. The summed E-state index contributed by atoms with van der Waals surface area (Å²) in [6.45, 7) is 4.03. The highest BCUT2D eigenvalue weighted by Crippen LogP contribution is 2.37. The molecule has 0 fully saturated rings. The van der Waals surface area contributed by atoms with E-state index in [0.717, 1.165) is 11.8 Å². The lowest BCUT2D eigenvalue weighted by molar-refractivity contribution is -0.297. The number of H-pyrrole nitrogens is 1. The third-order valence-corrected chi connectivity index (χ3v) is 4.27. The third kappa shape index (κ3) is 4.51. The van der Waals surface area contributed by atoms with Crippen molar-refractivity contribution in [2.75, 3.05) is 13.7 Å². The van der Waals surface area contributed by atoms with Crippen LogP contribution in [0.5, 0.6) is 11.5 Å². The second-order valence-corrected chi connectivity index (χ2v) is 6.43. The molecule has 128 valence electrons. The molecule has 24 heavy (non-hydrogen) atoms. The third-order valence-electron chi connectivity index (χ3n) is 2.81. The largest absolute Gasteiger partial charge is 0.544 e. The van der Waals surface area contributed by atoms with Crippen LogP contribution in [0.4, 0.5) is 0 Å². The summed E-state index contributed by atoms with van der Waals surface area (Å²) in [5, 5.41) is 18.3. The van der Waals surface area contributed by atoms with E-state index >= 15 is 0 Å². The van der Waals surface area contributed by atoms with E-state index in [4.69, 9.17) is 9.47 Å². The summed E-state index contributed by atoms with van der Waals surface area (Å²) in [5.41, 5.74) is 0.616. The zero-order valence-corrected chi connectivity index (χ0v) is 15.7. The first-order chi connectivity index (χ1) is 11.4. The molecule has 0 saturated carbocycles. The number of ether oxygens (including phenoxy) is 2. The zero-order chi connectivity index (χ0) is 17.7. The number of rotatable bonds is 7. The number of carboxylic acids is 1. The maximum Gasteiger partial charge on any atom is 0.213 e. The molecule has 0 aliphatic carbocycles. The molecular formula is C15H15BrN3O4S-. The minimum atomic E-state index is -1.31. The maximum atomic E-state index is 11.4. The van der Waals surface area contributed by atoms with Gasteiger partial charge in [-0.3, -0.25) is 5.10 Å². The Bertz CT molecular complexity index is 776. The molecule has 9 heteroatoms. The number of carbonyl (C=O) groups is 1. The highest BCUT2D eigenvalue weighted by Gasteiger charge is 2.12. The van der Waals surface area contributed by atoms with Gasteiger partial charge in [0.25, 0.3) is 0 Å². The van der Waals surface area contributed by atoms with Crippen molar-refractivity contribution in [2.24, 2.45) is 0 Å². The van der Waals surface area contributed by atoms with Crippen molar-refractivity contribution < 1.29 is 19.4 Å². The number of aromatic nitrogens is 3. The Morgan fingerprint density at radius 3 is 2.79 bits per heavy atom. The zero-order valence-electron chi connectivity index (χ0n) is 13.3. The van der Waals surface area contributed by atoms with Crippen LogP contribution in [0.3, 0.4) is 0 Å². The van der Waals surface area contributed by atoms with Crippen molar-refractivity contribution in [1.82, 2.24) is 15.2 Å². The number of aryl methyl sites for hydroxylation is 1. The number of aromatic amines is 1. The normalized spacial score (nSPS) is 11.4. The van der Waals surface area contributed by atoms with Crippen LogP contribution in [0.15, 0.2) is 26.7 Å². The van der Waals surface area contributed by atoms with E-state index in [2.05, 4.69) is 31.1 Å². The Morgan fingerprint density at radius 1 is 1.50 bits per heavy atom. The molecule has 0 aliphatic rings. The number of carbonyl (C=O) groups excluding carboxylic acids is 1. The first kappa shape index (κ1) is 18.3. The minimum absolute atomic E-state index is 0.0199. The van der Waals surface area contributed by atoms with E-state index in [0.29, 0.717) is 39.1 Å². The number of halogens is 1. The van der Waals surface area contributed by atoms with Gasteiger partial charge in [0, 0.05) is 4.91 Å². The van der Waals surface area contributed by atoms with Crippen molar-refractivity contribution in [1.29, 1.82) is 0 Å². The van der Waals surface area contributed by atoms with Gasteiger partial charge in [0.15, 0.2) is 11.5 Å². The first-order valence-corrected chi connectivity index (χ1v) is 8.55. The van der Waals surface area contributed by atoms with Gasteiger partial charge in [0.1, 0.15) is 5.82 Å². The van der Waals surface area contributed by atoms with Gasteiger partial charge in [-0.1, -0.05) is 0 Å². The molecular weight excluding hydrogens is 398 g/mol. The topological polar surface area (TPSA) is 100 Å². The Hall–Kier alpha value is -2.00. The predicted octanol–water partition coefficient (Wildman–Crippen LogP) is 2.17. The highest BCUT2D eigenvalue weighted by molar-refractivity contribution is 9.10. The molecule has 0 atom stereocenters. The van der Waals surface area contributed by atoms with Crippen molar-refractivity contribution in [3.8, 4) is 11.5 Å². The summed E-state index contributed by atoms with van der Waals surface area (Å²) in [5.74, 6) is 0.340. The van der Waals surface area contributed by atoms with Gasteiger partial charge in [-0.05, 0) is 65.3 Å². The summed E-state index contributed by atoms with van der Waals surface area (Å²) in [4.78, 5) is 15.5. The molecule has 1 heterocycles. The van der Waals surface area contributed by atoms with Crippen LogP contribution in [0, 0.1) is 6.92 Å². The predicted molar refractivity (Wildman–Crippen MR) is 91.8 cm³/mol. The summed E-state index contributed by atoms with van der Waals surface area (Å²) in [7, 11) is 1.53. The summed E-state index contributed by atoms with van der Waals surface area (Å²) in [6.07, 6.45) is 1.47. The molecule has 0 saturated heterocycles. The van der Waals surface area contributed by atoms with E-state index < -0.39 is 5.97 Å². The average molecular weight is 413 g/mol. The van der Waals surface area contributed by atoms with Gasteiger partial charge in [0.2, 0.25) is 5.16 Å². The second kappa shape index (κ2) is 8.20. The van der Waals surface area contributed by atoms with Crippen LogP contribution in [-0.2, 0) is 4.79 Å². The van der Waals surface area contributed by atoms with Gasteiger partial charge in [0.05, 0.1) is 24.2 Å². The number of hydrogen-bond acceptors (Lipinski definition) is 7. The van der Waals surface area contributed by atoms with E-state index in [1.54, 1.807) is 19.1 Å². The molecule has 0 radical (unpaired) electrons. The molecule has 0 spiro atoms. The SMILES string of the molecule is CCOc1cc(/C=C(\Sc2n[nH]c(C)n2)C(=O)[O-])cc(Br)c1OC. The Labute approximate surface area is 151 Å². The number of nitrogens with one attached hydrogen (secondary N) is 1. The van der Waals surface area contributed by atoms with Crippen LogP contribution < -0.4 is 14.6 Å². The summed E-state index contributed by atoms with van der Waals surface area (Å²) in [6, 6.07) is 3.42. The Balaban J connectivity index is 2.39. The lowest BCUT2D eigenvalue weighted by Crippen LogP contribution is -2.23. The van der Waals surface area contributed by atoms with Crippen LogP contribution in [0.1, 0.15) is 18.3 Å². The van der Waals surface area contributed by atoms with Crippen LogP contribution in [0.25, 0.3) is 6.08 Å². The highest BCUT2D eigenvalue weighted by atomic mass is 79.9. The molecule has 2 aromatic rings. The number of aliphatic carboxylic acids is 1. The smallest absolute Gasteiger partial charge is 0.213 e. The van der Waals surface area contributed by atoms with Crippen molar-refractivity contribution >= 4 is 39.7 Å². The second-order valence-electron chi connectivity index (χ2n) is 4.57. The lowest BCUT2D eigenvalue weighted by atomic mass is 10.2. The first-order valence-electron chi connectivity index (χ1n) is 6.94. The molecule has 1 aromatic carbocycles. The average Bonchev–Trinajstić information content (AvgIpc) is 2.92. The van der Waals surface area contributed by atoms with E-state index in [9.17, 15) is 9.90 Å². The van der Waals surface area contributed by atoms with Crippen LogP contribution in [0.2, 0.25) is 0 Å². The van der Waals surface area contributed by atoms with Gasteiger partial charge in [-0.25, -0.2) is 4.98 Å². The summed E-state index contributed by atoms with van der Waals surface area (Å²) >= 11 is 4.30. The van der Waals surface area contributed by atoms with Gasteiger partial charge in [-0.2, -0.15) is 0 Å². The van der Waals surface area contributed by atoms with Crippen molar-refractivity contribution in [2.45, 2.75) is 19.0 Å². The van der Waals surface area contributed by atoms with E-state index in [-0.39, 0.29) is 4.91 Å². The Kier molecular flexibility index (Phi) is 6.27. The summed E-state index contributed by atoms with van der Waals surface area (Å²) < 4.78 is 11.5. The fourth-order valence-electron chi connectivity index (χ4n) is 1.88. The molecule has 1 N–H and O–H groups in total. The minimum Gasteiger partial charge on any atom is -0.544 e. The van der Waals surface area contributed by atoms with Crippen molar-refractivity contribution in [3.05, 3.63) is 32.9 Å². The number of hydrogen-bond donors (Lipinski definition) is 1. The molecule has 0 unspecified atom stereocenters. The Morgan fingerprint density at radius 2 is 2.25 bits per heavy atom. The standard InChI is InChI=1S/C15H16BrN3O4S/c1-4-23-11-6-9(5-10(16)13(11)22-3)7-12(14(20)21)24-15-17-8(2)18-19-15/h5-7H,4H2,1-3H3,(H,20,21)(H,17,18,19)/p-1/b12-7-. The van der Waals surface area contributed by atoms with Crippen molar-refractivity contribution in [3.63, 3.8) is 0 Å². The number of thioether (sulfide) groups is 1. The maximum absolute atomic E-state index is 11.4. The van der Waals surface area contributed by atoms with E-state index in [1.165, 1.54) is 13.2 Å². The number of methoxy groups -OCH3 is 1. The molecule has 0 aliphatic heterocycles. The van der Waals surface area contributed by atoms with Crippen LogP contribution >= 0.6 is 27.7 Å². The molecule has 7 nitrogen and oxygen atoms in total. The number of benzene rings is 1. The molecule has 2 rings (SSSR count). The van der Waals surface area contributed by atoms with E-state index in [1.807, 2.05) is 6.92 Å². The van der Waals surface area contributed by atoms with Crippen LogP contribution in [-0.4, -0.2) is 34.9 Å². The fourth-order valence-corrected chi connectivity index (χ4v) is 3.25. The molecule has 1 aromatic heterocycles.